The first-order valence-electron chi connectivity index (χ1n) is 6.74. The van der Waals surface area contributed by atoms with Gasteiger partial charge in [-0.1, -0.05) is 17.7 Å². The average molecular weight is 287 g/mol. The minimum atomic E-state index is -0.0477. The summed E-state index contributed by atoms with van der Waals surface area (Å²) in [4.78, 5) is 19.8. The van der Waals surface area contributed by atoms with Crippen molar-refractivity contribution in [2.45, 2.75) is 20.3 Å². The summed E-state index contributed by atoms with van der Waals surface area (Å²) in [7, 11) is 0. The maximum Gasteiger partial charge on any atom is 0.264 e. The second-order valence-electron chi connectivity index (χ2n) is 5.01. The van der Waals surface area contributed by atoms with Crippen molar-refractivity contribution in [1.29, 1.82) is 0 Å². The van der Waals surface area contributed by atoms with Crippen LogP contribution in [0.25, 0.3) is 0 Å². The number of rotatable bonds is 2. The number of nitrogens with one attached hydrogen (secondary N) is 1. The molecule has 0 atom stereocenters. The minimum absolute atomic E-state index is 0.0477. The zero-order valence-corrected chi connectivity index (χ0v) is 12.5. The van der Waals surface area contributed by atoms with Gasteiger partial charge in [0, 0.05) is 24.5 Å². The van der Waals surface area contributed by atoms with E-state index in [4.69, 9.17) is 0 Å². The quantitative estimate of drug-likeness (QED) is 0.909. The van der Waals surface area contributed by atoms with Gasteiger partial charge in [0.15, 0.2) is 5.17 Å². The molecule has 1 aromatic rings. The van der Waals surface area contributed by atoms with Gasteiger partial charge in [-0.15, -0.1) is 0 Å². The zero-order chi connectivity index (χ0) is 14.1. The maximum atomic E-state index is 12.4. The van der Waals surface area contributed by atoms with Gasteiger partial charge in [0.05, 0.1) is 4.91 Å². The molecule has 20 heavy (non-hydrogen) atoms. The Hall–Kier alpha value is -1.75. The SMILES string of the molecule is CC1=C(C(=O)Nc2ccc(C)cc2)SC2=NCCCN21. The Bertz CT molecular complexity index is 604. The molecule has 2 aliphatic rings. The summed E-state index contributed by atoms with van der Waals surface area (Å²) in [6, 6.07) is 7.83. The van der Waals surface area contributed by atoms with Crippen molar-refractivity contribution in [2.24, 2.45) is 4.99 Å². The Morgan fingerprint density at radius 2 is 2.05 bits per heavy atom. The molecule has 0 saturated carbocycles. The fourth-order valence-corrected chi connectivity index (χ4v) is 3.38. The van der Waals surface area contributed by atoms with Gasteiger partial charge in [-0.05, 0) is 44.2 Å². The van der Waals surface area contributed by atoms with Gasteiger partial charge in [0.25, 0.3) is 5.91 Å². The molecule has 3 rings (SSSR count). The zero-order valence-electron chi connectivity index (χ0n) is 11.6. The van der Waals surface area contributed by atoms with Crippen LogP contribution in [0.4, 0.5) is 5.69 Å². The number of thioether (sulfide) groups is 1. The van der Waals surface area contributed by atoms with Gasteiger partial charge in [0.2, 0.25) is 0 Å². The molecular weight excluding hydrogens is 270 g/mol. The first-order valence-corrected chi connectivity index (χ1v) is 7.55. The molecule has 1 aromatic carbocycles. The topological polar surface area (TPSA) is 44.7 Å². The van der Waals surface area contributed by atoms with Crippen LogP contribution in [0.2, 0.25) is 0 Å². The van der Waals surface area contributed by atoms with Gasteiger partial charge in [-0.25, -0.2) is 0 Å². The Kier molecular flexibility index (Phi) is 3.53. The molecule has 0 fully saturated rings. The number of aryl methyl sites for hydroxylation is 1. The second-order valence-corrected chi connectivity index (χ2v) is 5.98. The van der Waals surface area contributed by atoms with Crippen molar-refractivity contribution in [3.8, 4) is 0 Å². The van der Waals surface area contributed by atoms with E-state index < -0.39 is 0 Å². The van der Waals surface area contributed by atoms with Crippen LogP contribution in [0.15, 0.2) is 39.9 Å². The van der Waals surface area contributed by atoms with Crippen LogP contribution in [0, 0.1) is 6.92 Å². The maximum absolute atomic E-state index is 12.4. The van der Waals surface area contributed by atoms with Gasteiger partial charge in [0.1, 0.15) is 0 Å². The predicted octanol–water partition coefficient (Wildman–Crippen LogP) is 2.97. The van der Waals surface area contributed by atoms with Crippen LogP contribution in [0.3, 0.4) is 0 Å². The molecule has 0 aromatic heterocycles. The molecule has 0 bridgehead atoms. The van der Waals surface area contributed by atoms with E-state index in [2.05, 4.69) is 15.2 Å². The molecule has 5 heteroatoms. The molecular formula is C15H17N3OS. The number of anilines is 1. The fraction of sp³-hybridized carbons (Fsp3) is 0.333. The molecule has 2 aliphatic heterocycles. The van der Waals surface area contributed by atoms with Crippen LogP contribution in [0.5, 0.6) is 0 Å². The first-order chi connectivity index (χ1) is 9.65. The van der Waals surface area contributed by atoms with E-state index in [-0.39, 0.29) is 5.91 Å². The summed E-state index contributed by atoms with van der Waals surface area (Å²) in [6.07, 6.45) is 1.05. The number of hydrogen-bond acceptors (Lipinski definition) is 4. The lowest BCUT2D eigenvalue weighted by Crippen LogP contribution is -2.28. The number of amidine groups is 1. The fourth-order valence-electron chi connectivity index (χ4n) is 2.31. The van der Waals surface area contributed by atoms with Crippen LogP contribution < -0.4 is 5.32 Å². The molecule has 0 aliphatic carbocycles. The van der Waals surface area contributed by atoms with E-state index in [1.165, 1.54) is 17.3 Å². The van der Waals surface area contributed by atoms with E-state index >= 15 is 0 Å². The van der Waals surface area contributed by atoms with Crippen molar-refractivity contribution in [2.75, 3.05) is 18.4 Å². The largest absolute Gasteiger partial charge is 0.324 e. The highest BCUT2D eigenvalue weighted by Gasteiger charge is 2.31. The lowest BCUT2D eigenvalue weighted by atomic mass is 10.2. The number of allylic oxidation sites excluding steroid dienone is 1. The summed E-state index contributed by atoms with van der Waals surface area (Å²) in [5.41, 5.74) is 3.02. The van der Waals surface area contributed by atoms with Crippen molar-refractivity contribution in [1.82, 2.24) is 4.90 Å². The van der Waals surface area contributed by atoms with Crippen LogP contribution in [-0.4, -0.2) is 29.1 Å². The third kappa shape index (κ3) is 2.45. The Balaban J connectivity index is 1.77. The van der Waals surface area contributed by atoms with Crippen molar-refractivity contribution in [3.63, 3.8) is 0 Å². The molecule has 0 saturated heterocycles. The summed E-state index contributed by atoms with van der Waals surface area (Å²) in [6.45, 7) is 5.84. The third-order valence-electron chi connectivity index (χ3n) is 3.46. The molecule has 104 valence electrons. The number of amides is 1. The highest BCUT2D eigenvalue weighted by Crippen LogP contribution is 2.36. The van der Waals surface area contributed by atoms with Gasteiger partial charge in [-0.2, -0.15) is 0 Å². The van der Waals surface area contributed by atoms with Crippen molar-refractivity contribution in [3.05, 3.63) is 40.4 Å². The highest BCUT2D eigenvalue weighted by molar-refractivity contribution is 8.18. The first kappa shape index (κ1) is 13.2. The number of fused-ring (bicyclic) bond motifs is 1. The van der Waals surface area contributed by atoms with Gasteiger partial charge < -0.3 is 10.2 Å². The second kappa shape index (κ2) is 5.32. The molecule has 0 unspecified atom stereocenters. The van der Waals surface area contributed by atoms with Crippen molar-refractivity contribution < 1.29 is 4.79 Å². The van der Waals surface area contributed by atoms with E-state index in [1.54, 1.807) is 0 Å². The molecule has 4 nitrogen and oxygen atoms in total. The third-order valence-corrected chi connectivity index (χ3v) is 4.68. The normalized spacial score (nSPS) is 17.9. The van der Waals surface area contributed by atoms with Gasteiger partial charge in [-0.3, -0.25) is 9.79 Å². The molecule has 1 amide bonds. The van der Waals surface area contributed by atoms with Gasteiger partial charge >= 0.3 is 0 Å². The Morgan fingerprint density at radius 3 is 2.75 bits per heavy atom. The lowest BCUT2D eigenvalue weighted by molar-refractivity contribution is -0.112. The summed E-state index contributed by atoms with van der Waals surface area (Å²) in [5.74, 6) is -0.0477. The summed E-state index contributed by atoms with van der Waals surface area (Å²) in [5, 5.41) is 3.91. The highest BCUT2D eigenvalue weighted by atomic mass is 32.2. The number of nitrogens with zero attached hydrogens (tertiary/aromatic N) is 2. The lowest BCUT2D eigenvalue weighted by Gasteiger charge is -2.23. The number of hydrogen-bond donors (Lipinski definition) is 1. The number of benzene rings is 1. The number of carbonyl (C=O) groups excluding carboxylic acids is 1. The number of carbonyl (C=O) groups is 1. The average Bonchev–Trinajstić information content (AvgIpc) is 2.79. The Morgan fingerprint density at radius 1 is 1.30 bits per heavy atom. The standard InChI is InChI=1S/C15H17N3OS/c1-10-4-6-12(7-5-10)17-14(19)13-11(2)18-9-3-8-16-15(18)20-13/h4-7H,3,8-9H2,1-2H3,(H,17,19). The molecule has 0 radical (unpaired) electrons. The van der Waals surface area contributed by atoms with E-state index in [1.807, 2.05) is 38.1 Å². The predicted molar refractivity (Wildman–Crippen MR) is 83.7 cm³/mol. The van der Waals surface area contributed by atoms with Crippen LogP contribution in [-0.2, 0) is 4.79 Å². The summed E-state index contributed by atoms with van der Waals surface area (Å²) >= 11 is 1.48. The molecule has 2 heterocycles. The molecule has 1 N–H and O–H groups in total. The van der Waals surface area contributed by atoms with Crippen LogP contribution in [0.1, 0.15) is 18.9 Å². The van der Waals surface area contributed by atoms with Crippen LogP contribution >= 0.6 is 11.8 Å². The summed E-state index contributed by atoms with van der Waals surface area (Å²) < 4.78 is 0. The Labute approximate surface area is 123 Å². The van der Waals surface area contributed by atoms with E-state index in [9.17, 15) is 4.79 Å². The minimum Gasteiger partial charge on any atom is -0.324 e. The number of aliphatic imine (C=N–C) groups is 1. The van der Waals surface area contributed by atoms with Crippen molar-refractivity contribution >= 4 is 28.5 Å². The monoisotopic (exact) mass is 287 g/mol. The smallest absolute Gasteiger partial charge is 0.264 e. The molecule has 0 spiro atoms. The van der Waals surface area contributed by atoms with E-state index in [0.717, 1.165) is 41.0 Å². The van der Waals surface area contributed by atoms with E-state index in [0.29, 0.717) is 0 Å².